The zero-order valence-electron chi connectivity index (χ0n) is 8.56. The quantitative estimate of drug-likeness (QED) is 0.822. The molecule has 0 radical (unpaired) electrons. The van der Waals surface area contributed by atoms with Gasteiger partial charge in [0.05, 0.1) is 5.02 Å². The third-order valence-electron chi connectivity index (χ3n) is 1.33. The van der Waals surface area contributed by atoms with E-state index in [1.165, 1.54) is 5.38 Å². The maximum atomic E-state index is 13.1. The Morgan fingerprint density at radius 3 is 2.60 bits per heavy atom. The van der Waals surface area contributed by atoms with Crippen molar-refractivity contribution >= 4 is 34.7 Å². The molecular weight excluding hydrogens is 241 g/mol. The number of amides is 1. The molecule has 1 N–H and O–H groups in total. The summed E-state index contributed by atoms with van der Waals surface area (Å²) < 4.78 is 18.0. The molecule has 6 heteroatoms. The van der Waals surface area contributed by atoms with Crippen molar-refractivity contribution in [2.45, 2.75) is 26.4 Å². The van der Waals surface area contributed by atoms with Gasteiger partial charge >= 0.3 is 6.09 Å². The van der Waals surface area contributed by atoms with Gasteiger partial charge in [0.15, 0.2) is 0 Å². The van der Waals surface area contributed by atoms with Gasteiger partial charge in [0.1, 0.15) is 11.3 Å². The van der Waals surface area contributed by atoms with E-state index in [2.05, 4.69) is 5.32 Å². The van der Waals surface area contributed by atoms with Crippen LogP contribution in [0.5, 0.6) is 0 Å². The van der Waals surface area contributed by atoms with E-state index in [4.69, 9.17) is 16.3 Å². The fourth-order valence-electron chi connectivity index (χ4n) is 0.830. The van der Waals surface area contributed by atoms with Crippen molar-refractivity contribution in [3.63, 3.8) is 0 Å². The van der Waals surface area contributed by atoms with E-state index in [1.54, 1.807) is 20.8 Å². The first-order valence-electron chi connectivity index (χ1n) is 4.22. The highest BCUT2D eigenvalue weighted by atomic mass is 35.5. The molecule has 0 saturated carbocycles. The molecule has 0 fully saturated rings. The van der Waals surface area contributed by atoms with E-state index in [0.29, 0.717) is 0 Å². The molecule has 1 amide bonds. The molecule has 0 spiro atoms. The third kappa shape index (κ3) is 3.68. The Labute approximate surface area is 96.2 Å². The lowest BCUT2D eigenvalue weighted by Gasteiger charge is -2.19. The zero-order chi connectivity index (χ0) is 11.6. The van der Waals surface area contributed by atoms with Crippen LogP contribution in [0.2, 0.25) is 5.02 Å². The maximum absolute atomic E-state index is 13.1. The minimum absolute atomic E-state index is 0.0316. The van der Waals surface area contributed by atoms with Crippen molar-refractivity contribution in [2.24, 2.45) is 0 Å². The number of anilines is 1. The monoisotopic (exact) mass is 251 g/mol. The molecule has 1 aromatic heterocycles. The fourth-order valence-corrected chi connectivity index (χ4v) is 1.75. The van der Waals surface area contributed by atoms with Crippen LogP contribution in [0.4, 0.5) is 14.9 Å². The van der Waals surface area contributed by atoms with E-state index in [0.717, 1.165) is 11.3 Å². The van der Waals surface area contributed by atoms with Crippen LogP contribution in [0, 0.1) is 5.13 Å². The summed E-state index contributed by atoms with van der Waals surface area (Å²) in [5.74, 6) is 0. The Kier molecular flexibility index (Phi) is 3.57. The Bertz CT molecular complexity index is 353. The number of hydrogen-bond acceptors (Lipinski definition) is 3. The van der Waals surface area contributed by atoms with Crippen molar-refractivity contribution in [3.8, 4) is 0 Å². The molecule has 0 aromatic carbocycles. The molecule has 0 saturated heterocycles. The Morgan fingerprint density at radius 2 is 2.20 bits per heavy atom. The summed E-state index contributed by atoms with van der Waals surface area (Å²) in [6.07, 6.45) is -0.721. The summed E-state index contributed by atoms with van der Waals surface area (Å²) in [6.45, 7) is 5.16. The van der Waals surface area contributed by atoms with Crippen LogP contribution in [-0.4, -0.2) is 11.7 Å². The molecule has 0 aliphatic heterocycles. The topological polar surface area (TPSA) is 38.3 Å². The second-order valence-electron chi connectivity index (χ2n) is 3.86. The summed E-state index contributed by atoms with van der Waals surface area (Å²) in [5.41, 5.74) is -0.654. The molecule has 0 atom stereocenters. The maximum Gasteiger partial charge on any atom is 0.412 e. The normalized spacial score (nSPS) is 11.3. The van der Waals surface area contributed by atoms with Crippen LogP contribution in [0.1, 0.15) is 20.8 Å². The van der Waals surface area contributed by atoms with Crippen molar-refractivity contribution < 1.29 is 13.9 Å². The number of nitrogens with one attached hydrogen (secondary N) is 1. The lowest BCUT2D eigenvalue weighted by Crippen LogP contribution is -2.27. The summed E-state index contributed by atoms with van der Waals surface area (Å²) in [6, 6.07) is 0. The second-order valence-corrected chi connectivity index (χ2v) is 5.10. The molecule has 1 aromatic rings. The van der Waals surface area contributed by atoms with Gasteiger partial charge in [-0.05, 0) is 20.8 Å². The molecule has 3 nitrogen and oxygen atoms in total. The predicted octanol–water partition coefficient (Wildman–Crippen LogP) is 3.89. The van der Waals surface area contributed by atoms with E-state index in [-0.39, 0.29) is 10.7 Å². The van der Waals surface area contributed by atoms with Crippen molar-refractivity contribution in [1.82, 2.24) is 0 Å². The summed E-state index contributed by atoms with van der Waals surface area (Å²) in [7, 11) is 0. The molecular formula is C9H11ClFNO2S. The minimum Gasteiger partial charge on any atom is -0.444 e. The minimum atomic E-state index is -0.721. The van der Waals surface area contributed by atoms with Gasteiger partial charge in [-0.1, -0.05) is 11.6 Å². The number of rotatable bonds is 1. The van der Waals surface area contributed by atoms with Crippen LogP contribution in [0.3, 0.4) is 0 Å². The van der Waals surface area contributed by atoms with E-state index in [9.17, 15) is 9.18 Å². The number of carbonyl (C=O) groups excluding carboxylic acids is 1. The molecule has 1 heterocycles. The standard InChI is InChI=1S/C9H11ClFNO2S/c1-9(2,3)14-8(13)12-6-5(10)4-15-7(6)11/h4H,1-3H3,(H,12,13). The second kappa shape index (κ2) is 4.37. The predicted molar refractivity (Wildman–Crippen MR) is 59.1 cm³/mol. The average molecular weight is 252 g/mol. The van der Waals surface area contributed by atoms with Crippen LogP contribution < -0.4 is 5.32 Å². The molecule has 1 rings (SSSR count). The number of thiophene rings is 1. The highest BCUT2D eigenvalue weighted by Crippen LogP contribution is 2.30. The first-order chi connectivity index (χ1) is 6.79. The lowest BCUT2D eigenvalue weighted by atomic mass is 10.2. The van der Waals surface area contributed by atoms with Gasteiger partial charge in [0.2, 0.25) is 5.13 Å². The van der Waals surface area contributed by atoms with Gasteiger partial charge in [-0.15, -0.1) is 11.3 Å². The molecule has 84 valence electrons. The van der Waals surface area contributed by atoms with Gasteiger partial charge in [0.25, 0.3) is 0 Å². The molecule has 0 unspecified atom stereocenters. The number of ether oxygens (including phenoxy) is 1. The summed E-state index contributed by atoms with van der Waals surface area (Å²) in [4.78, 5) is 11.3. The van der Waals surface area contributed by atoms with Gasteiger partial charge in [-0.25, -0.2) is 4.79 Å². The van der Waals surface area contributed by atoms with Crippen LogP contribution in [0.25, 0.3) is 0 Å². The highest BCUT2D eigenvalue weighted by Gasteiger charge is 2.19. The number of halogens is 2. The largest absolute Gasteiger partial charge is 0.444 e. The number of carbonyl (C=O) groups is 1. The van der Waals surface area contributed by atoms with Crippen LogP contribution >= 0.6 is 22.9 Å². The first-order valence-corrected chi connectivity index (χ1v) is 5.48. The lowest BCUT2D eigenvalue weighted by molar-refractivity contribution is 0.0635. The van der Waals surface area contributed by atoms with Gasteiger partial charge < -0.3 is 4.74 Å². The molecule has 15 heavy (non-hydrogen) atoms. The van der Waals surface area contributed by atoms with Crippen molar-refractivity contribution in [1.29, 1.82) is 0 Å². The van der Waals surface area contributed by atoms with Crippen LogP contribution in [0.15, 0.2) is 5.38 Å². The van der Waals surface area contributed by atoms with E-state index in [1.807, 2.05) is 0 Å². The van der Waals surface area contributed by atoms with Crippen molar-refractivity contribution in [3.05, 3.63) is 15.5 Å². The summed E-state index contributed by atoms with van der Waals surface area (Å²) >= 11 is 6.48. The molecule has 0 aliphatic rings. The van der Waals surface area contributed by atoms with E-state index >= 15 is 0 Å². The third-order valence-corrected chi connectivity index (χ3v) is 2.52. The SMILES string of the molecule is CC(C)(C)OC(=O)Nc1c(Cl)csc1F. The van der Waals surface area contributed by atoms with Crippen molar-refractivity contribution in [2.75, 3.05) is 5.32 Å². The zero-order valence-corrected chi connectivity index (χ0v) is 10.1. The molecule has 0 bridgehead atoms. The van der Waals surface area contributed by atoms with Gasteiger partial charge in [-0.2, -0.15) is 4.39 Å². The van der Waals surface area contributed by atoms with Gasteiger partial charge in [0, 0.05) is 5.38 Å². The molecule has 0 aliphatic carbocycles. The first kappa shape index (κ1) is 12.3. The fraction of sp³-hybridized carbons (Fsp3) is 0.444. The van der Waals surface area contributed by atoms with Gasteiger partial charge in [-0.3, -0.25) is 5.32 Å². The number of hydrogen-bond donors (Lipinski definition) is 1. The average Bonchev–Trinajstić information content (AvgIpc) is 2.32. The van der Waals surface area contributed by atoms with E-state index < -0.39 is 16.8 Å². The van der Waals surface area contributed by atoms with Crippen LogP contribution in [-0.2, 0) is 4.74 Å². The smallest absolute Gasteiger partial charge is 0.412 e. The Hall–Kier alpha value is -0.810. The Morgan fingerprint density at radius 1 is 1.60 bits per heavy atom. The highest BCUT2D eigenvalue weighted by molar-refractivity contribution is 7.09. The Balaban J connectivity index is 2.67. The summed E-state index contributed by atoms with van der Waals surface area (Å²) in [5, 5.41) is 3.30.